The van der Waals surface area contributed by atoms with Gasteiger partial charge in [0.2, 0.25) is 0 Å². The van der Waals surface area contributed by atoms with Crippen LogP contribution in [-0.2, 0) is 17.6 Å². The summed E-state index contributed by atoms with van der Waals surface area (Å²) >= 11 is 0. The zero-order chi connectivity index (χ0) is 18.3. The fourth-order valence-corrected chi connectivity index (χ4v) is 4.66. The molecule has 0 atom stereocenters. The summed E-state index contributed by atoms with van der Waals surface area (Å²) in [5.41, 5.74) is 10.3. The van der Waals surface area contributed by atoms with Crippen molar-refractivity contribution in [3.63, 3.8) is 0 Å². The zero-order valence-electron chi connectivity index (χ0n) is 15.8. The van der Waals surface area contributed by atoms with Crippen molar-refractivity contribution < 1.29 is 9.53 Å². The smallest absolute Gasteiger partial charge is 0.343 e. The number of nitrogen functional groups attached to an aromatic ring is 1. The van der Waals surface area contributed by atoms with Gasteiger partial charge in [0.15, 0.2) is 5.65 Å². The van der Waals surface area contributed by atoms with E-state index in [1.54, 1.807) is 0 Å². The second-order valence-corrected chi connectivity index (χ2v) is 7.70. The Kier molecular flexibility index (Phi) is 4.59. The molecule has 0 aliphatic heterocycles. The van der Waals surface area contributed by atoms with Crippen LogP contribution in [0.5, 0.6) is 0 Å². The first kappa shape index (κ1) is 17.3. The van der Waals surface area contributed by atoms with E-state index in [1.165, 1.54) is 26.4 Å². The number of anilines is 1. The Morgan fingerprint density at radius 1 is 1.15 bits per heavy atom. The number of methoxy groups -OCH3 is 1. The highest BCUT2D eigenvalue weighted by Gasteiger charge is 2.31. The van der Waals surface area contributed by atoms with Gasteiger partial charge in [-0.05, 0) is 57.3 Å². The molecule has 2 aromatic heterocycles. The summed E-state index contributed by atoms with van der Waals surface area (Å²) in [6.45, 7) is 2.26. The van der Waals surface area contributed by atoms with Gasteiger partial charge in [-0.2, -0.15) is 0 Å². The second kappa shape index (κ2) is 6.89. The highest BCUT2D eigenvalue weighted by molar-refractivity contribution is 6.07. The van der Waals surface area contributed by atoms with Crippen molar-refractivity contribution in [3.05, 3.63) is 17.0 Å². The van der Waals surface area contributed by atoms with Gasteiger partial charge in [0.25, 0.3) is 0 Å². The molecule has 2 aliphatic carbocycles. The number of hydrogen-bond donors (Lipinski definition) is 1. The Balaban J connectivity index is 1.86. The van der Waals surface area contributed by atoms with Crippen LogP contribution in [-0.4, -0.2) is 27.6 Å². The average Bonchev–Trinajstić information content (AvgIpc) is 2.96. The Labute approximate surface area is 154 Å². The Hall–Kier alpha value is -2.11. The van der Waals surface area contributed by atoms with E-state index < -0.39 is 5.97 Å². The number of nitrogens with two attached hydrogens (primary N) is 1. The van der Waals surface area contributed by atoms with Gasteiger partial charge in [-0.1, -0.05) is 13.3 Å². The molecular formula is C20H28N4O2. The molecule has 2 aromatic rings. The normalized spacial score (nSPS) is 23.0. The molecule has 0 unspecified atom stereocenters. The van der Waals surface area contributed by atoms with Crippen molar-refractivity contribution in [2.75, 3.05) is 12.8 Å². The molecule has 6 heteroatoms. The number of rotatable bonds is 3. The number of esters is 1. The third kappa shape index (κ3) is 2.75. The first-order valence-corrected chi connectivity index (χ1v) is 9.91. The van der Waals surface area contributed by atoms with E-state index in [-0.39, 0.29) is 6.04 Å². The van der Waals surface area contributed by atoms with Gasteiger partial charge in [-0.15, -0.1) is 0 Å². The summed E-state index contributed by atoms with van der Waals surface area (Å²) in [6, 6.07) is 0.287. The number of carbonyl (C=O) groups is 1. The molecule has 0 bridgehead atoms. The van der Waals surface area contributed by atoms with Crippen LogP contribution < -0.4 is 5.73 Å². The number of fused-ring (bicyclic) bond motifs is 2. The van der Waals surface area contributed by atoms with Crippen LogP contribution in [0.3, 0.4) is 0 Å². The summed E-state index contributed by atoms with van der Waals surface area (Å²) in [5, 5.41) is 0. The van der Waals surface area contributed by atoms with Gasteiger partial charge in [0.05, 0.1) is 18.5 Å². The molecule has 0 amide bonds. The summed E-state index contributed by atoms with van der Waals surface area (Å²) in [6.07, 6.45) is 9.93. The fourth-order valence-electron chi connectivity index (χ4n) is 4.66. The van der Waals surface area contributed by atoms with Gasteiger partial charge < -0.3 is 15.0 Å². The minimum atomic E-state index is -0.418. The first-order valence-electron chi connectivity index (χ1n) is 9.91. The van der Waals surface area contributed by atoms with Gasteiger partial charge in [-0.3, -0.25) is 0 Å². The molecule has 2 aliphatic rings. The maximum absolute atomic E-state index is 12.4. The minimum Gasteiger partial charge on any atom is -0.465 e. The van der Waals surface area contributed by atoms with Gasteiger partial charge >= 0.3 is 5.97 Å². The molecule has 2 N–H and O–H groups in total. The molecule has 4 rings (SSSR count). The topological polar surface area (TPSA) is 83.0 Å². The SMILES string of the molecule is CCC1CCC(n2c(N)c(C(=O)OC)c3nc4c(nc32)CCCC4)CC1. The van der Waals surface area contributed by atoms with E-state index in [1.807, 2.05) is 0 Å². The largest absolute Gasteiger partial charge is 0.465 e. The lowest BCUT2D eigenvalue weighted by molar-refractivity contribution is 0.0603. The van der Waals surface area contributed by atoms with Crippen molar-refractivity contribution in [2.24, 2.45) is 5.92 Å². The van der Waals surface area contributed by atoms with Crippen LogP contribution in [0.2, 0.25) is 0 Å². The highest BCUT2D eigenvalue weighted by atomic mass is 16.5. The van der Waals surface area contributed by atoms with Crippen LogP contribution in [0.15, 0.2) is 0 Å². The number of aromatic nitrogens is 3. The highest BCUT2D eigenvalue weighted by Crippen LogP contribution is 2.39. The molecule has 140 valence electrons. The molecular weight excluding hydrogens is 328 g/mol. The van der Waals surface area contributed by atoms with E-state index in [0.29, 0.717) is 16.9 Å². The fraction of sp³-hybridized carbons (Fsp3) is 0.650. The lowest BCUT2D eigenvalue weighted by Crippen LogP contribution is -2.20. The molecule has 0 spiro atoms. The Bertz CT molecular complexity index is 834. The van der Waals surface area contributed by atoms with Crippen molar-refractivity contribution in [3.8, 4) is 0 Å². The molecule has 2 heterocycles. The molecule has 0 saturated heterocycles. The minimum absolute atomic E-state index is 0.287. The predicted molar refractivity (Wildman–Crippen MR) is 101 cm³/mol. The van der Waals surface area contributed by atoms with Gasteiger partial charge in [-0.25, -0.2) is 14.8 Å². The third-order valence-corrected chi connectivity index (χ3v) is 6.24. The van der Waals surface area contributed by atoms with E-state index in [9.17, 15) is 4.79 Å². The Morgan fingerprint density at radius 2 is 1.81 bits per heavy atom. The summed E-state index contributed by atoms with van der Waals surface area (Å²) in [4.78, 5) is 22.2. The quantitative estimate of drug-likeness (QED) is 0.845. The molecule has 1 saturated carbocycles. The molecule has 0 radical (unpaired) electrons. The maximum Gasteiger partial charge on any atom is 0.343 e. The van der Waals surface area contributed by atoms with E-state index in [4.69, 9.17) is 20.4 Å². The molecule has 1 fully saturated rings. The van der Waals surface area contributed by atoms with Crippen molar-refractivity contribution in [1.29, 1.82) is 0 Å². The summed E-state index contributed by atoms with van der Waals surface area (Å²) < 4.78 is 7.08. The summed E-state index contributed by atoms with van der Waals surface area (Å²) in [7, 11) is 1.39. The lowest BCUT2D eigenvalue weighted by atomic mass is 9.84. The second-order valence-electron chi connectivity index (χ2n) is 7.70. The maximum atomic E-state index is 12.4. The number of hydrogen-bond acceptors (Lipinski definition) is 5. The standard InChI is InChI=1S/C20H28N4O2/c1-3-12-8-10-13(11-9-12)24-18(21)16(20(25)26-2)17-19(24)23-15-7-5-4-6-14(15)22-17/h12-13H,3-11,21H2,1-2H3. The van der Waals surface area contributed by atoms with Crippen LogP contribution in [0.25, 0.3) is 11.2 Å². The first-order chi connectivity index (χ1) is 12.6. The van der Waals surface area contributed by atoms with Crippen LogP contribution in [0.1, 0.15) is 79.7 Å². The number of nitrogens with zero attached hydrogens (tertiary/aromatic N) is 3. The van der Waals surface area contributed by atoms with E-state index in [2.05, 4.69) is 11.5 Å². The number of carbonyl (C=O) groups excluding carboxylic acids is 1. The lowest BCUT2D eigenvalue weighted by Gasteiger charge is -2.30. The monoisotopic (exact) mass is 356 g/mol. The zero-order valence-corrected chi connectivity index (χ0v) is 15.8. The van der Waals surface area contributed by atoms with Crippen molar-refractivity contribution in [1.82, 2.24) is 14.5 Å². The van der Waals surface area contributed by atoms with Crippen LogP contribution in [0, 0.1) is 5.92 Å². The van der Waals surface area contributed by atoms with E-state index >= 15 is 0 Å². The average molecular weight is 356 g/mol. The number of ether oxygens (including phenoxy) is 1. The predicted octanol–water partition coefficient (Wildman–Crippen LogP) is 3.82. The van der Waals surface area contributed by atoms with Gasteiger partial charge in [0, 0.05) is 6.04 Å². The molecule has 26 heavy (non-hydrogen) atoms. The number of aryl methyl sites for hydroxylation is 2. The molecule has 0 aromatic carbocycles. The summed E-state index contributed by atoms with van der Waals surface area (Å²) in [5.74, 6) is 0.848. The van der Waals surface area contributed by atoms with Crippen molar-refractivity contribution >= 4 is 23.0 Å². The Morgan fingerprint density at radius 3 is 2.42 bits per heavy atom. The van der Waals surface area contributed by atoms with Crippen molar-refractivity contribution in [2.45, 2.75) is 70.8 Å². The van der Waals surface area contributed by atoms with Gasteiger partial charge in [0.1, 0.15) is 16.9 Å². The molecule has 6 nitrogen and oxygen atoms in total. The van der Waals surface area contributed by atoms with E-state index in [0.717, 1.165) is 61.5 Å². The van der Waals surface area contributed by atoms with Crippen LogP contribution >= 0.6 is 0 Å². The third-order valence-electron chi connectivity index (χ3n) is 6.24. The van der Waals surface area contributed by atoms with Crippen LogP contribution in [0.4, 0.5) is 5.82 Å².